The maximum atomic E-state index is 11.0. The summed E-state index contributed by atoms with van der Waals surface area (Å²) >= 11 is 1.30. The summed E-state index contributed by atoms with van der Waals surface area (Å²) in [7, 11) is 0. The number of amides is 1. The Balaban J connectivity index is 1.69. The van der Waals surface area contributed by atoms with Crippen LogP contribution in [0.4, 0.5) is 5.88 Å². The summed E-state index contributed by atoms with van der Waals surface area (Å²) in [6.45, 7) is 0. The van der Waals surface area contributed by atoms with Gasteiger partial charge in [0, 0.05) is 5.56 Å². The van der Waals surface area contributed by atoms with Crippen molar-refractivity contribution < 1.29 is 14.1 Å². The Bertz CT molecular complexity index is 810. The minimum atomic E-state index is -0.580. The van der Waals surface area contributed by atoms with Gasteiger partial charge in [-0.2, -0.15) is 5.10 Å². The Kier molecular flexibility index (Phi) is 4.20. The van der Waals surface area contributed by atoms with Gasteiger partial charge in [0.1, 0.15) is 10.7 Å². The van der Waals surface area contributed by atoms with Crippen molar-refractivity contribution in [1.82, 2.24) is 5.32 Å². The number of nitro groups is 1. The highest BCUT2D eigenvalue weighted by molar-refractivity contribution is 8.15. The molecule has 0 bridgehead atoms. The van der Waals surface area contributed by atoms with Crippen LogP contribution in [-0.4, -0.2) is 28.0 Å². The van der Waals surface area contributed by atoms with Crippen molar-refractivity contribution in [3.63, 3.8) is 0 Å². The summed E-state index contributed by atoms with van der Waals surface area (Å²) in [6, 6.07) is 9.97. The van der Waals surface area contributed by atoms with Crippen LogP contribution >= 0.6 is 11.8 Å². The smallest absolute Gasteiger partial charge is 0.401 e. The van der Waals surface area contributed by atoms with Crippen LogP contribution in [0.15, 0.2) is 51.0 Å². The fraction of sp³-hybridized carbons (Fsp3) is 0.0714. The molecule has 1 fully saturated rings. The number of carbonyl (C=O) groups excluding carboxylic acids is 1. The van der Waals surface area contributed by atoms with E-state index in [1.54, 1.807) is 36.5 Å². The van der Waals surface area contributed by atoms with Crippen LogP contribution in [0.25, 0.3) is 11.3 Å². The Morgan fingerprint density at radius 2 is 2.04 bits per heavy atom. The van der Waals surface area contributed by atoms with E-state index < -0.39 is 4.92 Å². The lowest BCUT2D eigenvalue weighted by molar-refractivity contribution is -0.401. The summed E-state index contributed by atoms with van der Waals surface area (Å²) < 4.78 is 5.13. The molecule has 1 aromatic carbocycles. The molecule has 1 aliphatic heterocycles. The summed E-state index contributed by atoms with van der Waals surface area (Å²) in [5, 5.41) is 21.5. The van der Waals surface area contributed by atoms with Gasteiger partial charge in [0.15, 0.2) is 5.17 Å². The summed E-state index contributed by atoms with van der Waals surface area (Å²) in [5.74, 6) is 0.405. The SMILES string of the molecule is O=C1CS/C(=N/N=Cc2ccc(-c3ccc([N+](=O)[O-])o3)cc2)N1. The molecule has 116 valence electrons. The van der Waals surface area contributed by atoms with Crippen molar-refractivity contribution in [3.05, 3.63) is 52.1 Å². The standard InChI is InChI=1S/C14H10N4O4S/c19-12-8-23-14(16-12)17-15-7-9-1-3-10(4-2-9)11-5-6-13(22-11)18(20)21/h1-7H,8H2,(H,16,17,19). The van der Waals surface area contributed by atoms with E-state index in [1.165, 1.54) is 17.8 Å². The van der Waals surface area contributed by atoms with E-state index in [-0.39, 0.29) is 11.8 Å². The molecule has 2 heterocycles. The summed E-state index contributed by atoms with van der Waals surface area (Å²) in [5.41, 5.74) is 1.52. The first-order valence-corrected chi connectivity index (χ1v) is 7.49. The molecule has 0 aliphatic carbocycles. The number of furan rings is 1. The molecule has 0 saturated carbocycles. The number of benzene rings is 1. The van der Waals surface area contributed by atoms with E-state index in [1.807, 2.05) is 0 Å². The van der Waals surface area contributed by atoms with Crippen LogP contribution in [-0.2, 0) is 4.79 Å². The van der Waals surface area contributed by atoms with Crippen molar-refractivity contribution in [2.45, 2.75) is 0 Å². The van der Waals surface area contributed by atoms with Crippen molar-refractivity contribution in [3.8, 4) is 11.3 Å². The molecule has 8 nitrogen and oxygen atoms in total. The molecule has 0 unspecified atom stereocenters. The third-order valence-electron chi connectivity index (χ3n) is 2.91. The first-order chi connectivity index (χ1) is 11.1. The zero-order valence-electron chi connectivity index (χ0n) is 11.6. The molecule has 1 aliphatic rings. The van der Waals surface area contributed by atoms with Gasteiger partial charge in [-0.1, -0.05) is 36.0 Å². The molecule has 23 heavy (non-hydrogen) atoms. The maximum Gasteiger partial charge on any atom is 0.433 e. The Morgan fingerprint density at radius 3 is 2.65 bits per heavy atom. The molecule has 3 rings (SSSR count). The van der Waals surface area contributed by atoms with Gasteiger partial charge in [0.25, 0.3) is 0 Å². The molecule has 1 N–H and O–H groups in total. The normalized spacial score (nSPS) is 16.2. The monoisotopic (exact) mass is 330 g/mol. The average molecular weight is 330 g/mol. The summed E-state index contributed by atoms with van der Waals surface area (Å²) in [6.07, 6.45) is 1.55. The molecule has 0 atom stereocenters. The summed E-state index contributed by atoms with van der Waals surface area (Å²) in [4.78, 5) is 21.0. The lowest BCUT2D eigenvalue weighted by atomic mass is 10.1. The van der Waals surface area contributed by atoms with Crippen molar-refractivity contribution in [1.29, 1.82) is 0 Å². The Hall–Kier alpha value is -2.94. The minimum Gasteiger partial charge on any atom is -0.401 e. The largest absolute Gasteiger partial charge is 0.433 e. The number of hydrogen-bond acceptors (Lipinski definition) is 7. The molecule has 9 heteroatoms. The first-order valence-electron chi connectivity index (χ1n) is 6.50. The second-order valence-electron chi connectivity index (χ2n) is 4.50. The second kappa shape index (κ2) is 6.44. The molecule has 1 saturated heterocycles. The Morgan fingerprint density at radius 1 is 1.26 bits per heavy atom. The Labute approximate surface area is 134 Å². The van der Waals surface area contributed by atoms with Crippen molar-refractivity contribution in [2.75, 3.05) is 5.75 Å². The highest BCUT2D eigenvalue weighted by atomic mass is 32.2. The van der Waals surface area contributed by atoms with Gasteiger partial charge < -0.3 is 9.73 Å². The number of rotatable bonds is 4. The average Bonchev–Trinajstić information content (AvgIpc) is 3.17. The lowest BCUT2D eigenvalue weighted by Gasteiger charge is -1.97. The third kappa shape index (κ3) is 3.64. The minimum absolute atomic E-state index is 0.0826. The van der Waals surface area contributed by atoms with Crippen LogP contribution < -0.4 is 5.32 Å². The van der Waals surface area contributed by atoms with E-state index in [2.05, 4.69) is 15.5 Å². The molecule has 0 radical (unpaired) electrons. The zero-order chi connectivity index (χ0) is 16.2. The molecule has 1 amide bonds. The number of nitrogens with one attached hydrogen (secondary N) is 1. The highest BCUT2D eigenvalue weighted by Gasteiger charge is 2.16. The van der Waals surface area contributed by atoms with Gasteiger partial charge in [0.2, 0.25) is 5.91 Å². The number of thioether (sulfide) groups is 1. The fourth-order valence-corrected chi connectivity index (χ4v) is 2.47. The topological polar surface area (TPSA) is 110 Å². The lowest BCUT2D eigenvalue weighted by Crippen LogP contribution is -2.19. The molecular formula is C14H10N4O4S. The van der Waals surface area contributed by atoms with Crippen LogP contribution in [0.2, 0.25) is 0 Å². The first kappa shape index (κ1) is 15.0. The van der Waals surface area contributed by atoms with Crippen LogP contribution in [0.5, 0.6) is 0 Å². The third-order valence-corrected chi connectivity index (χ3v) is 3.77. The van der Waals surface area contributed by atoms with E-state index in [4.69, 9.17) is 4.42 Å². The second-order valence-corrected chi connectivity index (χ2v) is 5.47. The molecule has 1 aromatic heterocycles. The van der Waals surface area contributed by atoms with Crippen molar-refractivity contribution >= 4 is 34.9 Å². The van der Waals surface area contributed by atoms with E-state index in [9.17, 15) is 14.9 Å². The van der Waals surface area contributed by atoms with Crippen LogP contribution in [0.3, 0.4) is 0 Å². The van der Waals surface area contributed by atoms with Gasteiger partial charge in [-0.3, -0.25) is 14.9 Å². The number of hydrogen-bond donors (Lipinski definition) is 1. The number of carbonyl (C=O) groups is 1. The van der Waals surface area contributed by atoms with Gasteiger partial charge >= 0.3 is 5.88 Å². The predicted octanol–water partition coefficient (Wildman–Crippen LogP) is 2.41. The van der Waals surface area contributed by atoms with Crippen LogP contribution in [0, 0.1) is 10.1 Å². The quantitative estimate of drug-likeness (QED) is 0.526. The van der Waals surface area contributed by atoms with E-state index in [0.717, 1.165) is 11.1 Å². The van der Waals surface area contributed by atoms with Crippen molar-refractivity contribution in [2.24, 2.45) is 10.2 Å². The molecule has 0 spiro atoms. The number of nitrogens with zero attached hydrogens (tertiary/aromatic N) is 3. The molecular weight excluding hydrogens is 320 g/mol. The van der Waals surface area contributed by atoms with E-state index in [0.29, 0.717) is 16.7 Å². The highest BCUT2D eigenvalue weighted by Crippen LogP contribution is 2.25. The predicted molar refractivity (Wildman–Crippen MR) is 86.4 cm³/mol. The van der Waals surface area contributed by atoms with Gasteiger partial charge in [0.05, 0.1) is 18.0 Å². The van der Waals surface area contributed by atoms with Gasteiger partial charge in [-0.15, -0.1) is 5.10 Å². The number of amidine groups is 1. The zero-order valence-corrected chi connectivity index (χ0v) is 12.4. The molecule has 2 aromatic rings. The fourth-order valence-electron chi connectivity index (χ4n) is 1.84. The van der Waals surface area contributed by atoms with Gasteiger partial charge in [-0.25, -0.2) is 0 Å². The van der Waals surface area contributed by atoms with Crippen LogP contribution in [0.1, 0.15) is 5.56 Å². The van der Waals surface area contributed by atoms with Gasteiger partial charge in [-0.05, 0) is 11.6 Å². The van der Waals surface area contributed by atoms with E-state index >= 15 is 0 Å². The maximum absolute atomic E-state index is 11.0.